The number of nitrogens with two attached hydrogens (primary N) is 2. The number of benzene rings is 1. The predicted octanol–water partition coefficient (Wildman–Crippen LogP) is -3.17. The second kappa shape index (κ2) is 14.3. The molecule has 35 heavy (non-hydrogen) atoms. The van der Waals surface area contributed by atoms with Crippen molar-refractivity contribution in [2.45, 2.75) is 49.9 Å². The maximum Gasteiger partial charge on any atom is 0.328 e. The van der Waals surface area contributed by atoms with Gasteiger partial charge < -0.3 is 42.7 Å². The fourth-order valence-corrected chi connectivity index (χ4v) is 2.91. The van der Waals surface area contributed by atoms with Crippen LogP contribution in [0.25, 0.3) is 0 Å². The van der Waals surface area contributed by atoms with Gasteiger partial charge >= 0.3 is 11.9 Å². The maximum atomic E-state index is 12.8. The standard InChI is InChI=1S/C21H29N5O9/c22-12(8-11-4-2-1-3-5-11)18(31)25-14(9-17(29)30)20(33)24-13(6-7-16(23)28)19(32)26-15(10-27)21(34)35/h1-5,12-15,27H,6-10,22H2,(H2,23,28)(H,24,33)(H,25,31)(H,26,32)(H,29,30)(H,34,35). The average Bonchev–Trinajstić information content (AvgIpc) is 2.79. The Hall–Kier alpha value is -4.04. The number of carboxylic acid groups (broad SMARTS) is 2. The monoisotopic (exact) mass is 495 g/mol. The van der Waals surface area contributed by atoms with Gasteiger partial charge in [-0.3, -0.25) is 24.0 Å². The highest BCUT2D eigenvalue weighted by Gasteiger charge is 2.31. The van der Waals surface area contributed by atoms with Crippen molar-refractivity contribution in [3.05, 3.63) is 35.9 Å². The van der Waals surface area contributed by atoms with Gasteiger partial charge in [0.15, 0.2) is 0 Å². The van der Waals surface area contributed by atoms with Crippen LogP contribution in [0.2, 0.25) is 0 Å². The number of carbonyl (C=O) groups is 6. The number of nitrogens with one attached hydrogen (secondary N) is 3. The van der Waals surface area contributed by atoms with E-state index in [4.69, 9.17) is 26.8 Å². The van der Waals surface area contributed by atoms with Crippen molar-refractivity contribution in [2.24, 2.45) is 11.5 Å². The molecule has 1 rings (SSSR count). The molecule has 0 aromatic heterocycles. The van der Waals surface area contributed by atoms with E-state index in [9.17, 15) is 28.8 Å². The summed E-state index contributed by atoms with van der Waals surface area (Å²) in [4.78, 5) is 71.2. The Kier molecular flexibility index (Phi) is 11.8. The topological polar surface area (TPSA) is 251 Å². The quantitative estimate of drug-likeness (QED) is 0.121. The smallest absolute Gasteiger partial charge is 0.328 e. The van der Waals surface area contributed by atoms with Gasteiger partial charge in [0.2, 0.25) is 23.6 Å². The van der Waals surface area contributed by atoms with Gasteiger partial charge in [-0.15, -0.1) is 0 Å². The molecule has 1 aromatic rings. The molecule has 0 heterocycles. The fourth-order valence-electron chi connectivity index (χ4n) is 2.91. The molecule has 14 heteroatoms. The lowest BCUT2D eigenvalue weighted by atomic mass is 10.0. The Morgan fingerprint density at radius 2 is 1.37 bits per heavy atom. The van der Waals surface area contributed by atoms with Crippen LogP contribution in [-0.4, -0.2) is 81.7 Å². The Balaban J connectivity index is 2.96. The van der Waals surface area contributed by atoms with Gasteiger partial charge in [0.1, 0.15) is 18.1 Å². The molecule has 192 valence electrons. The van der Waals surface area contributed by atoms with Crippen molar-refractivity contribution in [3.63, 3.8) is 0 Å². The Bertz CT molecular complexity index is 925. The first-order chi connectivity index (χ1) is 16.4. The minimum atomic E-state index is -1.69. The number of hydrogen-bond donors (Lipinski definition) is 8. The molecule has 4 unspecified atom stereocenters. The predicted molar refractivity (Wildman–Crippen MR) is 119 cm³/mol. The number of hydrogen-bond acceptors (Lipinski definition) is 8. The summed E-state index contributed by atoms with van der Waals surface area (Å²) in [5.74, 6) is -6.79. The lowest BCUT2D eigenvalue weighted by Crippen LogP contribution is -2.58. The molecule has 10 N–H and O–H groups in total. The van der Waals surface area contributed by atoms with E-state index in [2.05, 4.69) is 10.6 Å². The molecule has 4 atom stereocenters. The Labute approximate surface area is 200 Å². The molecule has 0 saturated carbocycles. The van der Waals surface area contributed by atoms with Gasteiger partial charge in [0.25, 0.3) is 0 Å². The molecule has 14 nitrogen and oxygen atoms in total. The normalized spacial score (nSPS) is 14.0. The van der Waals surface area contributed by atoms with Gasteiger partial charge in [-0.2, -0.15) is 0 Å². The van der Waals surface area contributed by atoms with Crippen LogP contribution in [0.1, 0.15) is 24.8 Å². The summed E-state index contributed by atoms with van der Waals surface area (Å²) in [5, 5.41) is 33.6. The fraction of sp³-hybridized carbons (Fsp3) is 0.429. The van der Waals surface area contributed by atoms with E-state index in [0.29, 0.717) is 0 Å². The molecule has 0 aliphatic rings. The molecule has 0 saturated heterocycles. The minimum absolute atomic E-state index is 0.107. The Morgan fingerprint density at radius 3 is 1.89 bits per heavy atom. The van der Waals surface area contributed by atoms with E-state index in [1.54, 1.807) is 30.3 Å². The number of carbonyl (C=O) groups excluding carboxylic acids is 4. The van der Waals surface area contributed by atoms with E-state index in [-0.39, 0.29) is 19.3 Å². The number of aliphatic hydroxyl groups excluding tert-OH is 1. The summed E-state index contributed by atoms with van der Waals surface area (Å²) in [7, 11) is 0. The van der Waals surface area contributed by atoms with Crippen LogP contribution in [0.5, 0.6) is 0 Å². The van der Waals surface area contributed by atoms with Crippen molar-refractivity contribution in [2.75, 3.05) is 6.61 Å². The second-order valence-electron chi connectivity index (χ2n) is 7.60. The zero-order valence-electron chi connectivity index (χ0n) is 18.7. The van der Waals surface area contributed by atoms with Crippen molar-refractivity contribution in [1.29, 1.82) is 0 Å². The minimum Gasteiger partial charge on any atom is -0.481 e. The summed E-state index contributed by atoms with van der Waals surface area (Å²) in [6.45, 7) is -0.950. The highest BCUT2D eigenvalue weighted by Crippen LogP contribution is 2.05. The van der Waals surface area contributed by atoms with Crippen LogP contribution in [0, 0.1) is 0 Å². The first kappa shape index (κ1) is 29.0. The number of primary amides is 1. The summed E-state index contributed by atoms with van der Waals surface area (Å²) in [6, 6.07) is 2.74. The number of rotatable bonds is 15. The number of carboxylic acids is 2. The van der Waals surface area contributed by atoms with Crippen LogP contribution in [0.3, 0.4) is 0 Å². The second-order valence-corrected chi connectivity index (χ2v) is 7.60. The number of aliphatic hydroxyl groups is 1. The van der Waals surface area contributed by atoms with Crippen LogP contribution < -0.4 is 27.4 Å². The van der Waals surface area contributed by atoms with Crippen molar-refractivity contribution >= 4 is 35.6 Å². The van der Waals surface area contributed by atoms with E-state index < -0.39 is 72.8 Å². The first-order valence-corrected chi connectivity index (χ1v) is 10.5. The third kappa shape index (κ3) is 10.6. The van der Waals surface area contributed by atoms with Gasteiger partial charge in [-0.1, -0.05) is 30.3 Å². The number of amides is 4. The lowest BCUT2D eigenvalue weighted by molar-refractivity contribution is -0.144. The van der Waals surface area contributed by atoms with Crippen molar-refractivity contribution in [1.82, 2.24) is 16.0 Å². The zero-order valence-corrected chi connectivity index (χ0v) is 18.7. The third-order valence-electron chi connectivity index (χ3n) is 4.76. The molecule has 1 aromatic carbocycles. The summed E-state index contributed by atoms with van der Waals surface area (Å²) < 4.78 is 0. The van der Waals surface area contributed by atoms with Crippen LogP contribution in [0.15, 0.2) is 30.3 Å². The van der Waals surface area contributed by atoms with E-state index in [1.165, 1.54) is 0 Å². The highest BCUT2D eigenvalue weighted by atomic mass is 16.4. The summed E-state index contributed by atoms with van der Waals surface area (Å²) in [5.41, 5.74) is 11.7. The Morgan fingerprint density at radius 1 is 0.829 bits per heavy atom. The molecule has 4 amide bonds. The molecular weight excluding hydrogens is 466 g/mol. The zero-order chi connectivity index (χ0) is 26.5. The molecule has 0 aliphatic heterocycles. The van der Waals surface area contributed by atoms with Crippen LogP contribution >= 0.6 is 0 Å². The molecule has 0 fully saturated rings. The third-order valence-corrected chi connectivity index (χ3v) is 4.76. The van der Waals surface area contributed by atoms with Crippen molar-refractivity contribution < 1.29 is 44.1 Å². The number of aliphatic carboxylic acids is 2. The highest BCUT2D eigenvalue weighted by molar-refractivity contribution is 5.95. The molecule has 0 bridgehead atoms. The van der Waals surface area contributed by atoms with E-state index >= 15 is 0 Å². The maximum absolute atomic E-state index is 12.8. The van der Waals surface area contributed by atoms with Crippen LogP contribution in [0.4, 0.5) is 0 Å². The van der Waals surface area contributed by atoms with Gasteiger partial charge in [-0.25, -0.2) is 4.79 Å². The molecule has 0 spiro atoms. The molecule has 0 aliphatic carbocycles. The molecule has 0 radical (unpaired) electrons. The van der Waals surface area contributed by atoms with E-state index in [1.807, 2.05) is 5.32 Å². The molecular formula is C21H29N5O9. The average molecular weight is 495 g/mol. The van der Waals surface area contributed by atoms with Gasteiger partial charge in [0.05, 0.1) is 19.1 Å². The van der Waals surface area contributed by atoms with E-state index in [0.717, 1.165) is 5.56 Å². The first-order valence-electron chi connectivity index (χ1n) is 10.5. The van der Waals surface area contributed by atoms with Crippen LogP contribution in [-0.2, 0) is 35.2 Å². The van der Waals surface area contributed by atoms with Gasteiger partial charge in [-0.05, 0) is 18.4 Å². The van der Waals surface area contributed by atoms with Crippen molar-refractivity contribution in [3.8, 4) is 0 Å². The summed E-state index contributed by atoms with van der Waals surface area (Å²) >= 11 is 0. The summed E-state index contributed by atoms with van der Waals surface area (Å²) in [6.07, 6.45) is -1.48. The largest absolute Gasteiger partial charge is 0.481 e. The lowest BCUT2D eigenvalue weighted by Gasteiger charge is -2.24. The SMILES string of the molecule is NC(=O)CCC(NC(=O)C(CC(=O)O)NC(=O)C(N)Cc1ccccc1)C(=O)NC(CO)C(=O)O. The van der Waals surface area contributed by atoms with Gasteiger partial charge in [0, 0.05) is 6.42 Å².